The molecule has 1 aliphatic heterocycles. The van der Waals surface area contributed by atoms with Crippen LogP contribution in [0.5, 0.6) is 0 Å². The molecule has 0 radical (unpaired) electrons. The zero-order valence-electron chi connectivity index (χ0n) is 37.0. The van der Waals surface area contributed by atoms with Crippen LogP contribution in [0, 0.1) is 11.8 Å². The highest BCUT2D eigenvalue weighted by Gasteiger charge is 2.36. The standard InChI is InChI=1S/C46H69N7O9/c1-30(2)25-34(39(54)29-41(56)50-35(26-31(3)4)44(59)52-37(46(61)62-5)28-33-17-10-7-11-18-33)49-40(55)20-13-23-48-43(58)36(27-32-15-8-6-9-16-32)51-45(60)38-19-14-24-53(38)42(57)21-12-22-47/h6-11,15-18,30-31,34-39,54H,12-14,19-29,47H2,1-5H3,(H,48,58)(H,49,55)(H,50,56)(H,51,60)(H,52,59)/t34-,35-,36-,37-,38-,39?/m0/s1. The van der Waals surface area contributed by atoms with Crippen LogP contribution >= 0.6 is 0 Å². The van der Waals surface area contributed by atoms with Crippen molar-refractivity contribution in [1.29, 1.82) is 0 Å². The fourth-order valence-electron chi connectivity index (χ4n) is 7.49. The maximum Gasteiger partial charge on any atom is 0.328 e. The van der Waals surface area contributed by atoms with Crippen LogP contribution in [0.2, 0.25) is 0 Å². The van der Waals surface area contributed by atoms with E-state index < -0.39 is 72.3 Å². The second-order valence-electron chi connectivity index (χ2n) is 16.9. The molecule has 8 N–H and O–H groups in total. The molecule has 6 amide bonds. The van der Waals surface area contributed by atoms with Crippen molar-refractivity contribution in [3.8, 4) is 0 Å². The van der Waals surface area contributed by atoms with Crippen LogP contribution in [0.1, 0.15) is 96.6 Å². The van der Waals surface area contributed by atoms with Gasteiger partial charge in [-0.2, -0.15) is 0 Å². The van der Waals surface area contributed by atoms with E-state index in [1.165, 1.54) is 7.11 Å². The van der Waals surface area contributed by atoms with E-state index in [1.54, 1.807) is 4.90 Å². The van der Waals surface area contributed by atoms with Crippen molar-refractivity contribution in [3.05, 3.63) is 71.8 Å². The summed E-state index contributed by atoms with van der Waals surface area (Å²) in [6.07, 6.45) is 1.59. The van der Waals surface area contributed by atoms with Gasteiger partial charge >= 0.3 is 5.97 Å². The summed E-state index contributed by atoms with van der Waals surface area (Å²) in [4.78, 5) is 93.9. The summed E-state index contributed by atoms with van der Waals surface area (Å²) in [7, 11) is 1.24. The number of hydrogen-bond donors (Lipinski definition) is 7. The molecule has 1 fully saturated rings. The zero-order valence-corrected chi connectivity index (χ0v) is 37.0. The predicted molar refractivity (Wildman–Crippen MR) is 235 cm³/mol. The average Bonchev–Trinajstić information content (AvgIpc) is 3.74. The Morgan fingerprint density at radius 1 is 0.742 bits per heavy atom. The van der Waals surface area contributed by atoms with Crippen LogP contribution in [-0.2, 0) is 51.1 Å². The molecule has 2 aromatic carbocycles. The van der Waals surface area contributed by atoms with E-state index in [2.05, 4.69) is 26.6 Å². The zero-order chi connectivity index (χ0) is 45.6. The van der Waals surface area contributed by atoms with Gasteiger partial charge in [-0.25, -0.2) is 4.79 Å². The van der Waals surface area contributed by atoms with Gasteiger partial charge in [0.2, 0.25) is 35.4 Å². The number of nitrogens with zero attached hydrogens (tertiary/aromatic N) is 1. The van der Waals surface area contributed by atoms with E-state index in [1.807, 2.05) is 88.4 Å². The number of ether oxygens (including phenoxy) is 1. The number of benzene rings is 2. The second-order valence-corrected chi connectivity index (χ2v) is 16.9. The first-order valence-electron chi connectivity index (χ1n) is 21.9. The van der Waals surface area contributed by atoms with Crippen molar-refractivity contribution in [2.45, 2.75) is 135 Å². The van der Waals surface area contributed by atoms with Gasteiger partial charge in [0.05, 0.1) is 25.7 Å². The molecule has 0 spiro atoms. The van der Waals surface area contributed by atoms with Gasteiger partial charge in [-0.1, -0.05) is 88.4 Å². The Morgan fingerprint density at radius 3 is 1.94 bits per heavy atom. The molecule has 1 unspecified atom stereocenters. The van der Waals surface area contributed by atoms with Crippen LogP contribution in [0.25, 0.3) is 0 Å². The summed E-state index contributed by atoms with van der Waals surface area (Å²) in [5.74, 6) is -3.09. The number of carbonyl (C=O) groups is 7. The maximum atomic E-state index is 13.5. The Morgan fingerprint density at radius 2 is 1.35 bits per heavy atom. The first-order chi connectivity index (χ1) is 29.6. The predicted octanol–water partition coefficient (Wildman–Crippen LogP) is 2.05. The second kappa shape index (κ2) is 26.9. The Hall–Kier alpha value is -5.35. The first-order valence-corrected chi connectivity index (χ1v) is 21.9. The molecule has 0 aliphatic carbocycles. The lowest BCUT2D eigenvalue weighted by molar-refractivity contribution is -0.145. The smallest absolute Gasteiger partial charge is 0.328 e. The normalized spacial score (nSPS) is 16.1. The number of nitrogens with two attached hydrogens (primary N) is 1. The largest absolute Gasteiger partial charge is 0.467 e. The maximum absolute atomic E-state index is 13.5. The van der Waals surface area contributed by atoms with Gasteiger partial charge in [0.25, 0.3) is 0 Å². The first kappa shape index (κ1) is 51.0. The van der Waals surface area contributed by atoms with E-state index in [0.717, 1.165) is 11.1 Å². The number of methoxy groups -OCH3 is 1. The summed E-state index contributed by atoms with van der Waals surface area (Å²) >= 11 is 0. The molecule has 0 bridgehead atoms. The number of likely N-dealkylation sites (tertiary alicyclic amines) is 1. The van der Waals surface area contributed by atoms with Crippen molar-refractivity contribution in [3.63, 3.8) is 0 Å². The number of esters is 1. The minimum absolute atomic E-state index is 0.000541. The van der Waals surface area contributed by atoms with Gasteiger partial charge in [-0.05, 0) is 68.0 Å². The molecule has 0 saturated carbocycles. The number of aliphatic hydroxyl groups is 1. The van der Waals surface area contributed by atoms with E-state index in [-0.39, 0.29) is 68.7 Å². The fraction of sp³-hybridized carbons (Fsp3) is 0.587. The number of hydrogen-bond acceptors (Lipinski definition) is 10. The molecule has 342 valence electrons. The van der Waals surface area contributed by atoms with E-state index in [0.29, 0.717) is 38.8 Å². The summed E-state index contributed by atoms with van der Waals surface area (Å²) in [5.41, 5.74) is 7.23. The molecule has 2 aromatic rings. The van der Waals surface area contributed by atoms with Gasteiger partial charge in [-0.3, -0.25) is 28.8 Å². The highest BCUT2D eigenvalue weighted by atomic mass is 16.5. The van der Waals surface area contributed by atoms with Crippen molar-refractivity contribution in [1.82, 2.24) is 31.5 Å². The van der Waals surface area contributed by atoms with Gasteiger partial charge in [0.1, 0.15) is 24.2 Å². The molecule has 16 heteroatoms. The summed E-state index contributed by atoms with van der Waals surface area (Å²) in [6.45, 7) is 8.60. The Labute approximate surface area is 366 Å². The van der Waals surface area contributed by atoms with Crippen molar-refractivity contribution in [2.24, 2.45) is 17.6 Å². The lowest BCUT2D eigenvalue weighted by Crippen LogP contribution is -2.54. The number of amides is 6. The monoisotopic (exact) mass is 864 g/mol. The Kier molecular flexibility index (Phi) is 22.1. The molecule has 1 saturated heterocycles. The van der Waals surface area contributed by atoms with Crippen LogP contribution in [-0.4, -0.2) is 114 Å². The quantitative estimate of drug-likeness (QED) is 0.0537. The van der Waals surface area contributed by atoms with Crippen molar-refractivity contribution in [2.75, 3.05) is 26.7 Å². The van der Waals surface area contributed by atoms with Crippen molar-refractivity contribution >= 4 is 41.4 Å². The number of aliphatic hydroxyl groups excluding tert-OH is 1. The third kappa shape index (κ3) is 17.9. The Balaban J connectivity index is 1.57. The van der Waals surface area contributed by atoms with E-state index in [9.17, 15) is 38.7 Å². The van der Waals surface area contributed by atoms with Crippen LogP contribution in [0.15, 0.2) is 60.7 Å². The van der Waals surface area contributed by atoms with Crippen LogP contribution in [0.4, 0.5) is 0 Å². The van der Waals surface area contributed by atoms with Gasteiger partial charge < -0.3 is 47.1 Å². The number of rotatable bonds is 26. The highest BCUT2D eigenvalue weighted by molar-refractivity contribution is 5.93. The van der Waals surface area contributed by atoms with Gasteiger partial charge in [0.15, 0.2) is 0 Å². The molecule has 1 heterocycles. The minimum Gasteiger partial charge on any atom is -0.467 e. The number of nitrogens with one attached hydrogen (secondary N) is 5. The SMILES string of the molecule is COC(=O)[C@H](Cc1ccccc1)NC(=O)[C@H](CC(C)C)NC(=O)CC(O)[C@H](CC(C)C)NC(=O)CCCNC(=O)[C@H](Cc1ccccc1)NC(=O)[C@@H]1CCCN1C(=O)CCCN. The van der Waals surface area contributed by atoms with E-state index in [4.69, 9.17) is 10.5 Å². The fourth-order valence-corrected chi connectivity index (χ4v) is 7.49. The molecule has 16 nitrogen and oxygen atoms in total. The van der Waals surface area contributed by atoms with Crippen molar-refractivity contribution < 1.29 is 43.4 Å². The third-order valence-corrected chi connectivity index (χ3v) is 10.6. The highest BCUT2D eigenvalue weighted by Crippen LogP contribution is 2.20. The lowest BCUT2D eigenvalue weighted by Gasteiger charge is -2.27. The summed E-state index contributed by atoms with van der Waals surface area (Å²) < 4.78 is 4.93. The summed E-state index contributed by atoms with van der Waals surface area (Å²) in [6, 6.07) is 14.0. The molecule has 1 aliphatic rings. The third-order valence-electron chi connectivity index (χ3n) is 10.6. The number of carbonyl (C=O) groups excluding carboxylic acids is 7. The van der Waals surface area contributed by atoms with Gasteiger partial charge in [0, 0.05) is 38.8 Å². The topological polar surface area (TPSA) is 238 Å². The Bertz CT molecular complexity index is 1740. The molecular weight excluding hydrogens is 795 g/mol. The molecule has 0 aromatic heterocycles. The minimum atomic E-state index is -1.28. The van der Waals surface area contributed by atoms with Crippen LogP contribution in [0.3, 0.4) is 0 Å². The van der Waals surface area contributed by atoms with E-state index >= 15 is 0 Å². The lowest BCUT2D eigenvalue weighted by atomic mass is 9.96. The van der Waals surface area contributed by atoms with Crippen LogP contribution < -0.4 is 32.3 Å². The molecule has 6 atom stereocenters. The van der Waals surface area contributed by atoms with Gasteiger partial charge in [-0.15, -0.1) is 0 Å². The molecule has 62 heavy (non-hydrogen) atoms. The molecular formula is C46H69N7O9. The molecule has 3 rings (SSSR count). The summed E-state index contributed by atoms with van der Waals surface area (Å²) in [5, 5.41) is 25.2. The average molecular weight is 864 g/mol.